The molecule has 0 amide bonds. The fourth-order valence-corrected chi connectivity index (χ4v) is 2.01. The minimum Gasteiger partial charge on any atom is -0.396 e. The number of aliphatic hydroxyl groups excluding tert-OH is 1. The first kappa shape index (κ1) is 14.0. The maximum atomic E-state index is 9.21. The fourth-order valence-electron chi connectivity index (χ4n) is 2.01. The van der Waals surface area contributed by atoms with Crippen LogP contribution >= 0.6 is 0 Å². The molecule has 0 aliphatic rings. The first-order chi connectivity index (χ1) is 9.07. The molecular weight excluding hydrogens is 240 g/mol. The Kier molecular flexibility index (Phi) is 4.22. The van der Waals surface area contributed by atoms with Gasteiger partial charge < -0.3 is 9.84 Å². The highest BCUT2D eigenvalue weighted by Gasteiger charge is 2.17. The van der Waals surface area contributed by atoms with Gasteiger partial charge in [-0.25, -0.2) is 0 Å². The molecule has 0 saturated heterocycles. The minimum absolute atomic E-state index is 0.122. The van der Waals surface area contributed by atoms with Crippen LogP contribution in [-0.2, 0) is 17.9 Å². The zero-order valence-corrected chi connectivity index (χ0v) is 11.9. The molecule has 0 fully saturated rings. The van der Waals surface area contributed by atoms with E-state index < -0.39 is 0 Å². The van der Waals surface area contributed by atoms with Gasteiger partial charge in [-0.05, 0) is 13.0 Å². The second kappa shape index (κ2) is 5.72. The van der Waals surface area contributed by atoms with Crippen molar-refractivity contribution in [2.75, 3.05) is 13.2 Å². The summed E-state index contributed by atoms with van der Waals surface area (Å²) < 4.78 is 7.70. The molecule has 2 aromatic rings. The molecule has 2 rings (SSSR count). The Balaban J connectivity index is 2.13. The molecule has 0 atom stereocenters. The number of hydrogen-bond acceptors (Lipinski definition) is 3. The van der Waals surface area contributed by atoms with Crippen LogP contribution in [0.2, 0.25) is 0 Å². The highest BCUT2D eigenvalue weighted by molar-refractivity contribution is 5.81. The van der Waals surface area contributed by atoms with Crippen molar-refractivity contribution in [1.82, 2.24) is 9.78 Å². The van der Waals surface area contributed by atoms with E-state index in [-0.39, 0.29) is 12.0 Å². The average Bonchev–Trinajstić information content (AvgIpc) is 2.77. The summed E-state index contributed by atoms with van der Waals surface area (Å²) in [4.78, 5) is 0. The summed E-state index contributed by atoms with van der Waals surface area (Å²) in [6, 6.07) is 8.19. The predicted octanol–water partition coefficient (Wildman–Crippen LogP) is 2.59. The molecule has 19 heavy (non-hydrogen) atoms. The van der Waals surface area contributed by atoms with Crippen molar-refractivity contribution in [3.8, 4) is 0 Å². The monoisotopic (exact) mass is 262 g/mol. The van der Waals surface area contributed by atoms with Crippen molar-refractivity contribution < 1.29 is 9.84 Å². The summed E-state index contributed by atoms with van der Waals surface area (Å²) in [7, 11) is 0. The van der Waals surface area contributed by atoms with E-state index in [1.165, 1.54) is 0 Å². The lowest BCUT2D eigenvalue weighted by Gasteiger charge is -2.20. The van der Waals surface area contributed by atoms with Gasteiger partial charge in [0.25, 0.3) is 0 Å². The Morgan fingerprint density at radius 1 is 1.32 bits per heavy atom. The normalized spacial score (nSPS) is 12.2. The first-order valence-corrected chi connectivity index (χ1v) is 6.70. The summed E-state index contributed by atoms with van der Waals surface area (Å²) >= 11 is 0. The highest BCUT2D eigenvalue weighted by atomic mass is 16.5. The van der Waals surface area contributed by atoms with E-state index in [1.54, 1.807) is 0 Å². The van der Waals surface area contributed by atoms with Crippen LogP contribution in [0.1, 0.15) is 26.5 Å². The fraction of sp³-hybridized carbons (Fsp3) is 0.533. The number of fused-ring (bicyclic) bond motifs is 1. The summed E-state index contributed by atoms with van der Waals surface area (Å²) in [6.45, 7) is 8.03. The summed E-state index contributed by atoms with van der Waals surface area (Å²) in [5.41, 5.74) is 1.90. The number of hydrogen-bond donors (Lipinski definition) is 1. The highest BCUT2D eigenvalue weighted by Crippen LogP contribution is 2.20. The van der Waals surface area contributed by atoms with Gasteiger partial charge in [0.1, 0.15) is 0 Å². The molecule has 0 bridgehead atoms. The van der Waals surface area contributed by atoms with E-state index in [0.717, 1.165) is 23.1 Å². The zero-order valence-electron chi connectivity index (χ0n) is 11.9. The van der Waals surface area contributed by atoms with Crippen LogP contribution < -0.4 is 0 Å². The third-order valence-corrected chi connectivity index (χ3v) is 3.19. The summed E-state index contributed by atoms with van der Waals surface area (Å²) in [5, 5.41) is 14.9. The van der Waals surface area contributed by atoms with E-state index in [4.69, 9.17) is 4.74 Å². The van der Waals surface area contributed by atoms with Crippen molar-refractivity contribution in [2.45, 2.75) is 33.9 Å². The van der Waals surface area contributed by atoms with Gasteiger partial charge in [-0.2, -0.15) is 5.10 Å². The van der Waals surface area contributed by atoms with Gasteiger partial charge in [0.15, 0.2) is 0 Å². The molecule has 0 radical (unpaired) electrons. The summed E-state index contributed by atoms with van der Waals surface area (Å²) in [5.74, 6) is 0. The number of aryl methyl sites for hydroxylation is 1. The van der Waals surface area contributed by atoms with E-state index >= 15 is 0 Å². The van der Waals surface area contributed by atoms with Gasteiger partial charge in [0.2, 0.25) is 0 Å². The third kappa shape index (κ3) is 3.14. The Labute approximate surface area is 114 Å². The molecule has 1 aromatic heterocycles. The standard InChI is InChI=1S/C15H22N2O2/c1-4-17-14-8-6-5-7-12(14)13(16-17)9-19-11-15(2,3)10-18/h5-8,18H,4,9-11H2,1-3H3. The molecule has 0 saturated carbocycles. The van der Waals surface area contributed by atoms with Gasteiger partial charge in [-0.15, -0.1) is 0 Å². The summed E-state index contributed by atoms with van der Waals surface area (Å²) in [6.07, 6.45) is 0. The first-order valence-electron chi connectivity index (χ1n) is 6.70. The molecule has 0 spiro atoms. The third-order valence-electron chi connectivity index (χ3n) is 3.19. The van der Waals surface area contributed by atoms with Crippen molar-refractivity contribution >= 4 is 10.9 Å². The predicted molar refractivity (Wildman–Crippen MR) is 75.9 cm³/mol. The Bertz CT molecular complexity index is 546. The van der Waals surface area contributed by atoms with Gasteiger partial charge >= 0.3 is 0 Å². The van der Waals surface area contributed by atoms with Crippen molar-refractivity contribution in [2.24, 2.45) is 5.41 Å². The van der Waals surface area contributed by atoms with Crippen LogP contribution in [0.25, 0.3) is 10.9 Å². The average molecular weight is 262 g/mol. The SMILES string of the molecule is CCn1nc(COCC(C)(C)CO)c2ccccc21. The molecule has 0 aliphatic heterocycles. The van der Waals surface area contributed by atoms with Crippen molar-refractivity contribution in [3.63, 3.8) is 0 Å². The number of ether oxygens (including phenoxy) is 1. The minimum atomic E-state index is -0.205. The molecule has 4 nitrogen and oxygen atoms in total. The molecule has 0 aliphatic carbocycles. The largest absolute Gasteiger partial charge is 0.396 e. The molecule has 1 N–H and O–H groups in total. The second-order valence-corrected chi connectivity index (χ2v) is 5.59. The quantitative estimate of drug-likeness (QED) is 0.870. The lowest BCUT2D eigenvalue weighted by Crippen LogP contribution is -2.23. The topological polar surface area (TPSA) is 47.3 Å². The number of rotatable bonds is 6. The van der Waals surface area contributed by atoms with E-state index in [1.807, 2.05) is 30.7 Å². The Morgan fingerprint density at radius 2 is 2.05 bits per heavy atom. The van der Waals surface area contributed by atoms with Crippen LogP contribution in [0.15, 0.2) is 24.3 Å². The number of para-hydroxylation sites is 1. The maximum absolute atomic E-state index is 9.21. The molecule has 0 unspecified atom stereocenters. The van der Waals surface area contributed by atoms with E-state index in [2.05, 4.69) is 24.2 Å². The number of nitrogens with zero attached hydrogens (tertiary/aromatic N) is 2. The zero-order chi connectivity index (χ0) is 13.9. The molecule has 104 valence electrons. The van der Waals surface area contributed by atoms with Crippen LogP contribution in [-0.4, -0.2) is 28.1 Å². The molecule has 4 heteroatoms. The Hall–Kier alpha value is -1.39. The molecular formula is C15H22N2O2. The van der Waals surface area contributed by atoms with Crippen molar-refractivity contribution in [3.05, 3.63) is 30.0 Å². The van der Waals surface area contributed by atoms with Gasteiger partial charge in [-0.1, -0.05) is 32.0 Å². The van der Waals surface area contributed by atoms with Crippen LogP contribution in [0.3, 0.4) is 0 Å². The van der Waals surface area contributed by atoms with E-state index in [0.29, 0.717) is 13.2 Å². The van der Waals surface area contributed by atoms with Gasteiger partial charge in [0.05, 0.1) is 31.0 Å². The van der Waals surface area contributed by atoms with Gasteiger partial charge in [0, 0.05) is 17.3 Å². The van der Waals surface area contributed by atoms with E-state index in [9.17, 15) is 5.11 Å². The lowest BCUT2D eigenvalue weighted by atomic mass is 9.97. The Morgan fingerprint density at radius 3 is 2.74 bits per heavy atom. The molecule has 1 aromatic carbocycles. The van der Waals surface area contributed by atoms with Crippen molar-refractivity contribution in [1.29, 1.82) is 0 Å². The van der Waals surface area contributed by atoms with Gasteiger partial charge in [-0.3, -0.25) is 4.68 Å². The van der Waals surface area contributed by atoms with Crippen LogP contribution in [0.5, 0.6) is 0 Å². The number of benzene rings is 1. The lowest BCUT2D eigenvalue weighted by molar-refractivity contribution is 0.0188. The molecule has 1 heterocycles. The number of aromatic nitrogens is 2. The van der Waals surface area contributed by atoms with Crippen LogP contribution in [0.4, 0.5) is 0 Å². The van der Waals surface area contributed by atoms with Crippen LogP contribution in [0, 0.1) is 5.41 Å². The number of aliphatic hydroxyl groups is 1. The second-order valence-electron chi connectivity index (χ2n) is 5.59. The smallest absolute Gasteiger partial charge is 0.0960 e. The maximum Gasteiger partial charge on any atom is 0.0960 e.